The molecule has 2 heterocycles. The molecule has 0 radical (unpaired) electrons. The van der Waals surface area contributed by atoms with E-state index in [1.807, 2.05) is 77.5 Å². The monoisotopic (exact) mass is 374 g/mol. The van der Waals surface area contributed by atoms with Crippen molar-refractivity contribution in [2.45, 2.75) is 13.5 Å². The largest absolute Gasteiger partial charge is 0.321 e. The highest BCUT2D eigenvalue weighted by atomic mass is 32.1. The molecule has 6 heteroatoms. The molecule has 0 unspecified atom stereocenters. The number of nitrogens with zero attached hydrogens (tertiary/aromatic N) is 3. The van der Waals surface area contributed by atoms with Crippen LogP contribution in [0.15, 0.2) is 72.4 Å². The smallest absolute Gasteiger partial charge is 0.266 e. The quantitative estimate of drug-likeness (QED) is 0.538. The van der Waals surface area contributed by atoms with Gasteiger partial charge in [-0.05, 0) is 36.1 Å². The Morgan fingerprint density at radius 3 is 2.70 bits per heavy atom. The number of aromatic nitrogens is 3. The van der Waals surface area contributed by atoms with Crippen molar-refractivity contribution < 1.29 is 4.79 Å². The molecule has 4 rings (SSSR count). The van der Waals surface area contributed by atoms with Crippen molar-refractivity contribution >= 4 is 22.9 Å². The fourth-order valence-corrected chi connectivity index (χ4v) is 3.78. The van der Waals surface area contributed by atoms with E-state index in [9.17, 15) is 4.79 Å². The lowest BCUT2D eigenvalue weighted by Gasteiger charge is -2.09. The second kappa shape index (κ2) is 7.55. The predicted octanol–water partition coefficient (Wildman–Crippen LogP) is 4.95. The van der Waals surface area contributed by atoms with Crippen molar-refractivity contribution in [1.82, 2.24) is 14.8 Å². The van der Waals surface area contributed by atoms with Crippen molar-refractivity contribution in [2.75, 3.05) is 5.32 Å². The number of anilines is 1. The summed E-state index contributed by atoms with van der Waals surface area (Å²) in [4.78, 5) is 13.6. The van der Waals surface area contributed by atoms with Crippen LogP contribution < -0.4 is 5.32 Å². The van der Waals surface area contributed by atoms with Crippen LogP contribution in [0.3, 0.4) is 0 Å². The summed E-state index contributed by atoms with van der Waals surface area (Å²) < 4.78 is 1.97. The Balaban J connectivity index is 1.60. The van der Waals surface area contributed by atoms with Gasteiger partial charge in [0.2, 0.25) is 0 Å². The third-order valence-corrected chi connectivity index (χ3v) is 5.20. The van der Waals surface area contributed by atoms with E-state index in [4.69, 9.17) is 0 Å². The third-order valence-electron chi connectivity index (χ3n) is 4.29. The zero-order valence-corrected chi connectivity index (χ0v) is 15.6. The lowest BCUT2D eigenvalue weighted by molar-refractivity contribution is 0.103. The fraction of sp³-hybridized carbons (Fsp3) is 0.0952. The molecule has 1 N–H and O–H groups in total. The van der Waals surface area contributed by atoms with Gasteiger partial charge in [0.15, 0.2) is 5.82 Å². The Bertz CT molecular complexity index is 1070. The van der Waals surface area contributed by atoms with Crippen molar-refractivity contribution in [1.29, 1.82) is 0 Å². The van der Waals surface area contributed by atoms with E-state index < -0.39 is 0 Å². The fourth-order valence-electron chi connectivity index (χ4n) is 2.96. The molecule has 134 valence electrons. The summed E-state index contributed by atoms with van der Waals surface area (Å²) in [5, 5.41) is 13.1. The van der Waals surface area contributed by atoms with Crippen LogP contribution in [-0.4, -0.2) is 20.7 Å². The van der Waals surface area contributed by atoms with Crippen LogP contribution in [0.2, 0.25) is 0 Å². The summed E-state index contributed by atoms with van der Waals surface area (Å²) in [6, 6.07) is 19.6. The van der Waals surface area contributed by atoms with E-state index in [2.05, 4.69) is 15.5 Å². The molecular weight excluding hydrogens is 356 g/mol. The standard InChI is InChI=1S/C21H18N4OS/c1-2-25-14-22-24-20(25)16-9-6-10-17(13-16)23-21(26)19-18(11-12-27-19)15-7-4-3-5-8-15/h3-14H,2H2,1H3,(H,23,26). The normalized spacial score (nSPS) is 10.7. The van der Waals surface area contributed by atoms with Gasteiger partial charge in [0.1, 0.15) is 6.33 Å². The van der Waals surface area contributed by atoms with Gasteiger partial charge in [-0.3, -0.25) is 4.79 Å². The highest BCUT2D eigenvalue weighted by Gasteiger charge is 2.15. The second-order valence-corrected chi connectivity index (χ2v) is 6.92. The molecule has 2 aromatic heterocycles. The van der Waals surface area contributed by atoms with Gasteiger partial charge in [0.25, 0.3) is 5.91 Å². The van der Waals surface area contributed by atoms with Gasteiger partial charge in [-0.2, -0.15) is 0 Å². The van der Waals surface area contributed by atoms with Crippen molar-refractivity contribution in [3.63, 3.8) is 0 Å². The SMILES string of the molecule is CCn1cnnc1-c1cccc(NC(=O)c2sccc2-c2ccccc2)c1. The summed E-state index contributed by atoms with van der Waals surface area (Å²) in [5.74, 6) is 0.674. The first-order valence-corrected chi connectivity index (χ1v) is 9.56. The molecule has 1 amide bonds. The van der Waals surface area contributed by atoms with Crippen LogP contribution in [0.4, 0.5) is 5.69 Å². The number of thiophene rings is 1. The van der Waals surface area contributed by atoms with Gasteiger partial charge in [0, 0.05) is 23.4 Å². The number of carbonyl (C=O) groups is 1. The topological polar surface area (TPSA) is 59.8 Å². The zero-order valence-electron chi connectivity index (χ0n) is 14.8. The summed E-state index contributed by atoms with van der Waals surface area (Å²) in [6.07, 6.45) is 1.71. The number of benzene rings is 2. The summed E-state index contributed by atoms with van der Waals surface area (Å²) >= 11 is 1.44. The highest BCUT2D eigenvalue weighted by Crippen LogP contribution is 2.29. The molecule has 0 saturated carbocycles. The molecule has 0 aliphatic heterocycles. The Hall–Kier alpha value is -3.25. The molecule has 0 aliphatic rings. The molecule has 4 aromatic rings. The van der Waals surface area contributed by atoms with Crippen molar-refractivity contribution in [3.8, 4) is 22.5 Å². The molecule has 27 heavy (non-hydrogen) atoms. The maximum atomic E-state index is 12.9. The second-order valence-electron chi connectivity index (χ2n) is 6.00. The number of nitrogens with one attached hydrogen (secondary N) is 1. The minimum Gasteiger partial charge on any atom is -0.321 e. The van der Waals surface area contributed by atoms with Gasteiger partial charge in [-0.1, -0.05) is 42.5 Å². The van der Waals surface area contributed by atoms with Crippen LogP contribution in [0.1, 0.15) is 16.6 Å². The van der Waals surface area contributed by atoms with Crippen molar-refractivity contribution in [3.05, 3.63) is 77.2 Å². The molecule has 2 aromatic carbocycles. The van der Waals surface area contributed by atoms with E-state index in [1.165, 1.54) is 11.3 Å². The van der Waals surface area contributed by atoms with Gasteiger partial charge >= 0.3 is 0 Å². The first-order valence-electron chi connectivity index (χ1n) is 8.68. The summed E-state index contributed by atoms with van der Waals surface area (Å²) in [7, 11) is 0. The Kier molecular flexibility index (Phi) is 4.80. The summed E-state index contributed by atoms with van der Waals surface area (Å²) in [6.45, 7) is 2.83. The highest BCUT2D eigenvalue weighted by molar-refractivity contribution is 7.12. The average Bonchev–Trinajstić information content (AvgIpc) is 3.38. The number of rotatable bonds is 5. The van der Waals surface area contributed by atoms with E-state index in [0.717, 1.165) is 34.7 Å². The first-order chi connectivity index (χ1) is 13.3. The van der Waals surface area contributed by atoms with E-state index in [1.54, 1.807) is 6.33 Å². The number of amides is 1. The van der Waals surface area contributed by atoms with Crippen LogP contribution >= 0.6 is 11.3 Å². The molecule has 0 spiro atoms. The van der Waals surface area contributed by atoms with Crippen LogP contribution in [0.5, 0.6) is 0 Å². The van der Waals surface area contributed by atoms with E-state index >= 15 is 0 Å². The number of aryl methyl sites for hydroxylation is 1. The molecule has 0 saturated heterocycles. The lowest BCUT2D eigenvalue weighted by atomic mass is 10.1. The number of carbonyl (C=O) groups excluding carboxylic acids is 1. The first kappa shape index (κ1) is 17.2. The molecule has 0 aliphatic carbocycles. The molecule has 0 fully saturated rings. The maximum Gasteiger partial charge on any atom is 0.266 e. The predicted molar refractivity (Wildman–Crippen MR) is 109 cm³/mol. The third kappa shape index (κ3) is 3.52. The molecule has 0 bridgehead atoms. The average molecular weight is 374 g/mol. The van der Waals surface area contributed by atoms with Crippen LogP contribution in [0, 0.1) is 0 Å². The Labute approximate surface area is 161 Å². The minimum absolute atomic E-state index is 0.113. The van der Waals surface area contributed by atoms with E-state index in [-0.39, 0.29) is 5.91 Å². The molecule has 0 atom stereocenters. The van der Waals surface area contributed by atoms with Crippen LogP contribution in [-0.2, 0) is 6.54 Å². The Morgan fingerprint density at radius 1 is 1.07 bits per heavy atom. The zero-order chi connectivity index (χ0) is 18.6. The Morgan fingerprint density at radius 2 is 1.89 bits per heavy atom. The molecular formula is C21H18N4OS. The molecule has 5 nitrogen and oxygen atoms in total. The van der Waals surface area contributed by atoms with Crippen LogP contribution in [0.25, 0.3) is 22.5 Å². The van der Waals surface area contributed by atoms with Gasteiger partial charge < -0.3 is 9.88 Å². The van der Waals surface area contributed by atoms with Gasteiger partial charge in [-0.25, -0.2) is 0 Å². The summed E-state index contributed by atoms with van der Waals surface area (Å²) in [5.41, 5.74) is 3.63. The van der Waals surface area contributed by atoms with E-state index in [0.29, 0.717) is 4.88 Å². The van der Waals surface area contributed by atoms with Gasteiger partial charge in [0.05, 0.1) is 4.88 Å². The lowest BCUT2D eigenvalue weighted by Crippen LogP contribution is -2.11. The number of hydrogen-bond acceptors (Lipinski definition) is 4. The van der Waals surface area contributed by atoms with Crippen molar-refractivity contribution in [2.24, 2.45) is 0 Å². The number of hydrogen-bond donors (Lipinski definition) is 1. The van der Waals surface area contributed by atoms with Gasteiger partial charge in [-0.15, -0.1) is 21.5 Å². The maximum absolute atomic E-state index is 12.9. The minimum atomic E-state index is -0.113.